The maximum absolute atomic E-state index is 8.67. The van der Waals surface area contributed by atoms with Gasteiger partial charge in [-0.15, -0.1) is 0 Å². The summed E-state index contributed by atoms with van der Waals surface area (Å²) >= 11 is 4.14. The monoisotopic (exact) mass is 165 g/mol. The first-order chi connectivity index (χ1) is 5.15. The summed E-state index contributed by atoms with van der Waals surface area (Å²) in [4.78, 5) is 2.97. The Bertz CT molecular complexity index is 302. The van der Waals surface area contributed by atoms with E-state index in [0.29, 0.717) is 10.6 Å². The van der Waals surface area contributed by atoms with Gasteiger partial charge in [0.05, 0.1) is 0 Å². The van der Waals surface area contributed by atoms with Crippen LogP contribution in [0.2, 0.25) is 0 Å². The summed E-state index contributed by atoms with van der Waals surface area (Å²) in [7, 11) is 0. The predicted molar refractivity (Wildman–Crippen MR) is 44.4 cm³/mol. The van der Waals surface area contributed by atoms with Crippen LogP contribution in [-0.2, 0) is 0 Å². The molecule has 0 atom stereocenters. The van der Waals surface area contributed by atoms with Crippen molar-refractivity contribution in [1.82, 2.24) is 0 Å². The van der Waals surface area contributed by atoms with Crippen LogP contribution in [0.4, 0.5) is 0 Å². The number of thiol groups is 1. The molecule has 1 heterocycles. The molecule has 2 nitrogen and oxygen atoms in total. The SMILES string of the molecule is Cc1cc(C)c(C#N)c(S)[nH+]1. The van der Waals surface area contributed by atoms with E-state index in [2.05, 4.69) is 23.7 Å². The molecule has 1 N–H and O–H groups in total. The molecular weight excluding hydrogens is 156 g/mol. The van der Waals surface area contributed by atoms with Crippen molar-refractivity contribution in [2.75, 3.05) is 0 Å². The lowest BCUT2D eigenvalue weighted by molar-refractivity contribution is -0.435. The molecule has 56 valence electrons. The van der Waals surface area contributed by atoms with E-state index in [0.717, 1.165) is 11.3 Å². The van der Waals surface area contributed by atoms with Gasteiger partial charge in [-0.05, 0) is 12.5 Å². The number of aromatic nitrogens is 1. The van der Waals surface area contributed by atoms with Crippen LogP contribution in [0.3, 0.4) is 0 Å². The molecule has 0 aliphatic carbocycles. The first-order valence-corrected chi connectivity index (χ1v) is 3.72. The van der Waals surface area contributed by atoms with Gasteiger partial charge in [0.25, 0.3) is 5.03 Å². The molecule has 0 unspecified atom stereocenters. The van der Waals surface area contributed by atoms with E-state index in [-0.39, 0.29) is 0 Å². The number of pyridine rings is 1. The average Bonchev–Trinajstić information content (AvgIpc) is 1.85. The van der Waals surface area contributed by atoms with E-state index in [1.54, 1.807) is 0 Å². The van der Waals surface area contributed by atoms with Crippen molar-refractivity contribution in [1.29, 1.82) is 5.26 Å². The third-order valence-electron chi connectivity index (χ3n) is 1.49. The van der Waals surface area contributed by atoms with Gasteiger partial charge in [0.1, 0.15) is 11.6 Å². The maximum atomic E-state index is 8.67. The summed E-state index contributed by atoms with van der Waals surface area (Å²) < 4.78 is 0. The normalized spacial score (nSPS) is 9.27. The van der Waals surface area contributed by atoms with Crippen molar-refractivity contribution in [2.24, 2.45) is 0 Å². The molecule has 0 saturated carbocycles. The predicted octanol–water partition coefficient (Wildman–Crippen LogP) is 1.28. The molecule has 0 aliphatic rings. The van der Waals surface area contributed by atoms with Crippen LogP contribution in [0, 0.1) is 25.2 Å². The van der Waals surface area contributed by atoms with Crippen LogP contribution in [0.15, 0.2) is 11.1 Å². The van der Waals surface area contributed by atoms with Crippen LogP contribution >= 0.6 is 12.6 Å². The lowest BCUT2D eigenvalue weighted by atomic mass is 10.1. The Morgan fingerprint density at radius 3 is 2.64 bits per heavy atom. The first-order valence-electron chi connectivity index (χ1n) is 3.27. The molecular formula is C8H9N2S+. The zero-order chi connectivity index (χ0) is 8.43. The van der Waals surface area contributed by atoms with Crippen molar-refractivity contribution >= 4 is 12.6 Å². The lowest BCUT2D eigenvalue weighted by Crippen LogP contribution is -2.12. The van der Waals surface area contributed by atoms with E-state index in [1.807, 2.05) is 19.9 Å². The fraction of sp³-hybridized carbons (Fsp3) is 0.250. The van der Waals surface area contributed by atoms with Gasteiger partial charge in [-0.3, -0.25) is 0 Å². The Hall–Kier alpha value is -1.01. The maximum Gasteiger partial charge on any atom is 0.253 e. The number of hydrogen-bond donors (Lipinski definition) is 1. The van der Waals surface area contributed by atoms with E-state index in [4.69, 9.17) is 5.26 Å². The van der Waals surface area contributed by atoms with E-state index in [9.17, 15) is 0 Å². The molecule has 1 rings (SSSR count). The summed E-state index contributed by atoms with van der Waals surface area (Å²) in [6.45, 7) is 3.84. The number of hydrogen-bond acceptors (Lipinski definition) is 2. The zero-order valence-electron chi connectivity index (χ0n) is 6.47. The van der Waals surface area contributed by atoms with Gasteiger partial charge in [0, 0.05) is 13.0 Å². The number of H-pyrrole nitrogens is 1. The number of rotatable bonds is 0. The second-order valence-electron chi connectivity index (χ2n) is 2.47. The molecule has 0 aliphatic heterocycles. The number of nitrogens with zero attached hydrogens (tertiary/aromatic N) is 1. The molecule has 0 bridgehead atoms. The highest BCUT2D eigenvalue weighted by atomic mass is 32.1. The standard InChI is InChI=1S/C8H8N2S/c1-5-3-6(2)10-8(11)7(5)4-9/h3H,1-2H3,(H,10,11)/p+1. The van der Waals surface area contributed by atoms with Gasteiger partial charge in [-0.25, -0.2) is 4.98 Å². The van der Waals surface area contributed by atoms with Gasteiger partial charge >= 0.3 is 0 Å². The number of nitriles is 1. The molecule has 1 aromatic heterocycles. The van der Waals surface area contributed by atoms with Crippen LogP contribution in [-0.4, -0.2) is 0 Å². The molecule has 11 heavy (non-hydrogen) atoms. The fourth-order valence-corrected chi connectivity index (χ4v) is 1.41. The van der Waals surface area contributed by atoms with Crippen molar-refractivity contribution in [3.8, 4) is 6.07 Å². The highest BCUT2D eigenvalue weighted by molar-refractivity contribution is 7.80. The topological polar surface area (TPSA) is 37.9 Å². The van der Waals surface area contributed by atoms with Crippen molar-refractivity contribution in [3.05, 3.63) is 22.9 Å². The average molecular weight is 165 g/mol. The number of nitrogens with one attached hydrogen (secondary N) is 1. The molecule has 0 saturated heterocycles. The largest absolute Gasteiger partial charge is 0.253 e. The molecule has 1 aromatic rings. The van der Waals surface area contributed by atoms with Crippen molar-refractivity contribution < 1.29 is 4.98 Å². The Kier molecular flexibility index (Phi) is 2.16. The summed E-state index contributed by atoms with van der Waals surface area (Å²) in [6.07, 6.45) is 0. The van der Waals surface area contributed by atoms with E-state index in [1.165, 1.54) is 0 Å². The van der Waals surface area contributed by atoms with Crippen LogP contribution in [0.5, 0.6) is 0 Å². The molecule has 0 aromatic carbocycles. The van der Waals surface area contributed by atoms with Crippen molar-refractivity contribution in [3.63, 3.8) is 0 Å². The van der Waals surface area contributed by atoms with Gasteiger partial charge in [0.2, 0.25) is 0 Å². The summed E-state index contributed by atoms with van der Waals surface area (Å²) in [6, 6.07) is 4.01. The second-order valence-corrected chi connectivity index (χ2v) is 2.92. The minimum atomic E-state index is 0.624. The molecule has 0 fully saturated rings. The minimum Gasteiger partial charge on any atom is -0.203 e. The van der Waals surface area contributed by atoms with E-state index < -0.39 is 0 Å². The van der Waals surface area contributed by atoms with Gasteiger partial charge < -0.3 is 0 Å². The van der Waals surface area contributed by atoms with Gasteiger partial charge in [0.15, 0.2) is 5.69 Å². The quantitative estimate of drug-likeness (QED) is 0.578. The Balaban J connectivity index is 3.40. The summed E-state index contributed by atoms with van der Waals surface area (Å²) in [5, 5.41) is 9.31. The smallest absolute Gasteiger partial charge is 0.203 e. The first kappa shape index (κ1) is 8.09. The van der Waals surface area contributed by atoms with Gasteiger partial charge in [-0.1, -0.05) is 12.6 Å². The second kappa shape index (κ2) is 2.93. The third-order valence-corrected chi connectivity index (χ3v) is 1.83. The molecule has 0 amide bonds. The number of aryl methyl sites for hydroxylation is 2. The molecule has 0 spiro atoms. The van der Waals surface area contributed by atoms with Gasteiger partial charge in [-0.2, -0.15) is 5.26 Å². The van der Waals surface area contributed by atoms with Crippen molar-refractivity contribution in [2.45, 2.75) is 18.9 Å². The minimum absolute atomic E-state index is 0.624. The fourth-order valence-electron chi connectivity index (χ4n) is 1.01. The molecule has 3 heteroatoms. The molecule has 0 radical (unpaired) electrons. The Morgan fingerprint density at radius 2 is 2.18 bits per heavy atom. The lowest BCUT2D eigenvalue weighted by Gasteiger charge is -1.94. The highest BCUT2D eigenvalue weighted by Crippen LogP contribution is 2.11. The third kappa shape index (κ3) is 1.52. The zero-order valence-corrected chi connectivity index (χ0v) is 7.37. The summed E-state index contributed by atoms with van der Waals surface area (Å²) in [5.41, 5.74) is 2.61. The van der Waals surface area contributed by atoms with Crippen LogP contribution < -0.4 is 4.98 Å². The van der Waals surface area contributed by atoms with E-state index >= 15 is 0 Å². The Labute approximate surface area is 71.3 Å². The Morgan fingerprint density at radius 1 is 1.55 bits per heavy atom. The summed E-state index contributed by atoms with van der Waals surface area (Å²) in [5.74, 6) is 0. The van der Waals surface area contributed by atoms with Crippen LogP contribution in [0.25, 0.3) is 0 Å². The van der Waals surface area contributed by atoms with Crippen LogP contribution in [0.1, 0.15) is 16.8 Å². The highest BCUT2D eigenvalue weighted by Gasteiger charge is 2.09. The number of aromatic amines is 1.